The zero-order chi connectivity index (χ0) is 52.2. The maximum Gasteiger partial charge on any atom is 0.122 e. The molecule has 4 aromatic rings. The quantitative estimate of drug-likeness (QED) is 0.0603. The molecule has 0 saturated carbocycles. The first-order chi connectivity index (χ1) is 32.1. The first-order valence-corrected chi connectivity index (χ1v) is 25.2. The molecule has 1 aliphatic rings. The molecule has 0 aliphatic carbocycles. The fourth-order valence-corrected chi connectivity index (χ4v) is 8.66. The van der Waals surface area contributed by atoms with Crippen LogP contribution in [0.3, 0.4) is 0 Å². The van der Waals surface area contributed by atoms with Crippen LogP contribution in [0.1, 0.15) is 141 Å². The van der Waals surface area contributed by atoms with Gasteiger partial charge in [0, 0.05) is 6.07 Å². The average molecular weight is 935 g/mol. The zero-order valence-corrected chi connectivity index (χ0v) is 46.0. The number of ether oxygens (including phenoxy) is 4. The highest BCUT2D eigenvalue weighted by atomic mass is 16.5. The molecular formula is C60H94N4O4. The van der Waals surface area contributed by atoms with Crippen molar-refractivity contribution in [1.29, 1.82) is 10.8 Å². The Bertz CT molecular complexity index is 2140. The number of nitrogens with one attached hydrogen (secondary N) is 3. The van der Waals surface area contributed by atoms with Crippen LogP contribution in [0.2, 0.25) is 0 Å². The van der Waals surface area contributed by atoms with Crippen molar-refractivity contribution < 1.29 is 18.9 Å². The molecule has 0 bridgehead atoms. The van der Waals surface area contributed by atoms with Gasteiger partial charge in [-0.2, -0.15) is 0 Å². The molecule has 0 saturated heterocycles. The Morgan fingerprint density at radius 3 is 1.18 bits per heavy atom. The van der Waals surface area contributed by atoms with Crippen molar-refractivity contribution in [1.82, 2.24) is 0 Å². The van der Waals surface area contributed by atoms with Gasteiger partial charge in [-0.3, -0.25) is 10.4 Å². The van der Waals surface area contributed by atoms with Crippen molar-refractivity contribution >= 4 is 43.7 Å². The van der Waals surface area contributed by atoms with Crippen LogP contribution in [-0.2, 0) is 6.42 Å². The number of aryl methyl sites for hydroxylation is 1. The Balaban J connectivity index is 0.000000877. The summed E-state index contributed by atoms with van der Waals surface area (Å²) in [6, 6.07) is 25.3. The van der Waals surface area contributed by atoms with Crippen molar-refractivity contribution in [2.45, 2.75) is 162 Å². The fourth-order valence-electron chi connectivity index (χ4n) is 8.66. The molecule has 378 valence electrons. The second kappa shape index (κ2) is 29.6. The SMILES string of the molecule is C=N.C=N.C=c1ccc(OC(C(C)C)C(C)C)cc1=C.CC.Cc1cc(OC(C(C)C)C(C)C)ccc1Cc1cc(OC(C(C)C)C(C)C)ccc1NN1c2ccc(OC(C(C)C)C(C)C)cc21. The first kappa shape index (κ1) is 60.8. The summed E-state index contributed by atoms with van der Waals surface area (Å²) in [4.78, 5) is 0. The van der Waals surface area contributed by atoms with Crippen LogP contribution in [0.25, 0.3) is 13.2 Å². The van der Waals surface area contributed by atoms with Crippen molar-refractivity contribution in [2.75, 3.05) is 10.4 Å². The highest BCUT2D eigenvalue weighted by Gasteiger charge is 2.32. The summed E-state index contributed by atoms with van der Waals surface area (Å²) in [5.74, 6) is 7.32. The Morgan fingerprint density at radius 2 is 0.779 bits per heavy atom. The molecule has 68 heavy (non-hydrogen) atoms. The Labute approximate surface area is 414 Å². The Morgan fingerprint density at radius 1 is 0.426 bits per heavy atom. The summed E-state index contributed by atoms with van der Waals surface area (Å²) in [5, 5.41) is 15.0. The number of fused-ring (bicyclic) bond motifs is 1. The van der Waals surface area contributed by atoms with Gasteiger partial charge < -0.3 is 29.8 Å². The molecule has 3 N–H and O–H groups in total. The van der Waals surface area contributed by atoms with Crippen molar-refractivity contribution in [2.24, 2.45) is 47.3 Å². The van der Waals surface area contributed by atoms with Gasteiger partial charge in [-0.25, -0.2) is 0 Å². The molecule has 4 aromatic carbocycles. The summed E-state index contributed by atoms with van der Waals surface area (Å²) >= 11 is 0. The molecule has 0 unspecified atom stereocenters. The number of rotatable bonds is 20. The molecule has 1 heterocycles. The highest BCUT2D eigenvalue weighted by Crippen LogP contribution is 2.50. The fraction of sp³-hybridized carbons (Fsp3) is 0.533. The van der Waals surface area contributed by atoms with E-state index in [0.717, 1.165) is 51.2 Å². The van der Waals surface area contributed by atoms with Gasteiger partial charge in [0.05, 0.1) is 17.1 Å². The van der Waals surface area contributed by atoms with Crippen LogP contribution < -0.4 is 39.8 Å². The lowest BCUT2D eigenvalue weighted by atomic mass is 9.95. The van der Waals surface area contributed by atoms with E-state index >= 15 is 0 Å². The molecule has 0 fully saturated rings. The average Bonchev–Trinajstić information content (AvgIpc) is 3.97. The van der Waals surface area contributed by atoms with Gasteiger partial charge >= 0.3 is 0 Å². The standard InChI is InChI=1S/C41H60N2O3.C15H22O.C2H6.2CH3N/c1-24(2)39(25(3)4)44-33-15-14-31(30(13)20-33)21-32-22-34(45-40(26(5)6)27(7)8)16-18-36(32)42-43-37-19-17-35(23-38(37)43)46-41(28(9)10)29(11)12;1-10(2)15(11(3)4)16-14-8-7-12(5)13(6)9-14;3*1-2/h14-20,22-29,39-42H,21H2,1-13H3;7-11,15H,5-6H2,1-4H3;1-2H3;2*2H,1H2. The maximum atomic E-state index is 6.60. The second-order valence-electron chi connectivity index (χ2n) is 20.4. The molecule has 5 rings (SSSR count). The third-order valence-corrected chi connectivity index (χ3v) is 11.9. The second-order valence-corrected chi connectivity index (χ2v) is 20.4. The largest absolute Gasteiger partial charge is 0.490 e. The number of hydrogen-bond donors (Lipinski definition) is 3. The van der Waals surface area contributed by atoms with Crippen LogP contribution in [0.4, 0.5) is 17.1 Å². The van der Waals surface area contributed by atoms with Crippen LogP contribution in [0.15, 0.2) is 72.8 Å². The molecule has 8 nitrogen and oxygen atoms in total. The zero-order valence-electron chi connectivity index (χ0n) is 46.0. The molecule has 0 spiro atoms. The minimum absolute atomic E-state index is 0.148. The highest BCUT2D eigenvalue weighted by molar-refractivity contribution is 5.96. The molecule has 0 atom stereocenters. The number of benzene rings is 4. The van der Waals surface area contributed by atoms with Crippen LogP contribution in [0.5, 0.6) is 23.0 Å². The number of hydrazine groups is 1. The first-order valence-electron chi connectivity index (χ1n) is 25.2. The maximum absolute atomic E-state index is 6.60. The van der Waals surface area contributed by atoms with E-state index in [2.05, 4.69) is 209 Å². The normalized spacial score (nSPS) is 11.7. The van der Waals surface area contributed by atoms with Crippen molar-refractivity contribution in [3.8, 4) is 23.0 Å². The van der Waals surface area contributed by atoms with Gasteiger partial charge in [0.15, 0.2) is 0 Å². The summed E-state index contributed by atoms with van der Waals surface area (Å²) in [6.07, 6.45) is 1.54. The van der Waals surface area contributed by atoms with Gasteiger partial charge in [0.25, 0.3) is 0 Å². The smallest absolute Gasteiger partial charge is 0.122 e. The Hall–Kier alpha value is -5.24. The number of hydrogen-bond acceptors (Lipinski definition) is 8. The van der Waals surface area contributed by atoms with Crippen LogP contribution in [-0.4, -0.2) is 37.9 Å². The monoisotopic (exact) mass is 935 g/mol. The van der Waals surface area contributed by atoms with E-state index < -0.39 is 0 Å². The van der Waals surface area contributed by atoms with E-state index in [1.807, 2.05) is 32.0 Å². The van der Waals surface area contributed by atoms with Crippen molar-refractivity contribution in [3.63, 3.8) is 0 Å². The van der Waals surface area contributed by atoms with Gasteiger partial charge in [0.2, 0.25) is 0 Å². The molecule has 0 radical (unpaired) electrons. The third-order valence-electron chi connectivity index (χ3n) is 11.9. The summed E-state index contributed by atoms with van der Waals surface area (Å²) in [5.41, 5.74) is 10.8. The summed E-state index contributed by atoms with van der Waals surface area (Å²) in [6.45, 7) is 54.5. The van der Waals surface area contributed by atoms with E-state index in [0.29, 0.717) is 47.3 Å². The van der Waals surface area contributed by atoms with Crippen LogP contribution >= 0.6 is 0 Å². The van der Waals surface area contributed by atoms with E-state index in [-0.39, 0.29) is 24.4 Å². The number of anilines is 3. The van der Waals surface area contributed by atoms with E-state index in [1.165, 1.54) is 22.4 Å². The molecule has 8 heteroatoms. The minimum Gasteiger partial charge on any atom is -0.490 e. The predicted octanol–water partition coefficient (Wildman–Crippen LogP) is 15.4. The van der Waals surface area contributed by atoms with Gasteiger partial charge in [-0.05, 0) is 156 Å². The van der Waals surface area contributed by atoms with Crippen molar-refractivity contribution in [3.05, 3.63) is 99.9 Å². The lowest BCUT2D eigenvalue weighted by molar-refractivity contribution is 0.105. The molecule has 1 aliphatic heterocycles. The van der Waals surface area contributed by atoms with E-state index in [4.69, 9.17) is 29.8 Å². The van der Waals surface area contributed by atoms with Crippen LogP contribution in [0, 0.1) is 65.1 Å². The third kappa shape index (κ3) is 18.3. The van der Waals surface area contributed by atoms with Gasteiger partial charge in [-0.1, -0.05) is 150 Å². The minimum atomic E-state index is 0.148. The summed E-state index contributed by atoms with van der Waals surface area (Å²) in [7, 11) is 0. The Kier molecular flexibility index (Phi) is 26.5. The van der Waals surface area contributed by atoms with E-state index in [9.17, 15) is 0 Å². The summed E-state index contributed by atoms with van der Waals surface area (Å²) < 4.78 is 25.5. The number of nitrogens with zero attached hydrogens (tertiary/aromatic N) is 1. The molecular weight excluding hydrogens is 841 g/mol. The topological polar surface area (TPSA) is 99.7 Å². The lowest BCUT2D eigenvalue weighted by Gasteiger charge is -2.27. The van der Waals surface area contributed by atoms with E-state index in [1.54, 1.807) is 0 Å². The van der Waals surface area contributed by atoms with Gasteiger partial charge in [-0.15, -0.1) is 0 Å². The lowest BCUT2D eigenvalue weighted by Crippen LogP contribution is -2.30. The predicted molar refractivity (Wildman–Crippen MR) is 297 cm³/mol. The molecule has 0 amide bonds. The van der Waals surface area contributed by atoms with Gasteiger partial charge in [0.1, 0.15) is 47.4 Å². The molecule has 0 aromatic heterocycles.